The first kappa shape index (κ1) is 22.2. The molecule has 0 saturated heterocycles. The van der Waals surface area contributed by atoms with Crippen LogP contribution in [0.2, 0.25) is 0 Å². The standard InChI is InChI=1S/C22H27NO6/c1-3-28-20(22(25)26)14-17-6-10-19(11-7-17)29-15-21(24)23-13-12-16-4-8-18(27-2)9-5-16/h4-11,20H,3,12-15H2,1-2H3,(H,23,24)(H,25,26)/t20-/m0/s1. The van der Waals surface area contributed by atoms with Crippen molar-refractivity contribution in [3.8, 4) is 11.5 Å². The van der Waals surface area contributed by atoms with Gasteiger partial charge in [0.25, 0.3) is 5.91 Å². The van der Waals surface area contributed by atoms with Gasteiger partial charge < -0.3 is 24.6 Å². The van der Waals surface area contributed by atoms with Gasteiger partial charge in [0.2, 0.25) is 0 Å². The molecule has 156 valence electrons. The van der Waals surface area contributed by atoms with Gasteiger partial charge in [-0.1, -0.05) is 24.3 Å². The Morgan fingerprint density at radius 2 is 1.62 bits per heavy atom. The smallest absolute Gasteiger partial charge is 0.333 e. The van der Waals surface area contributed by atoms with Gasteiger partial charge in [-0.05, 0) is 48.7 Å². The fraction of sp³-hybridized carbons (Fsp3) is 0.364. The number of carboxylic acids is 1. The summed E-state index contributed by atoms with van der Waals surface area (Å²) in [7, 11) is 1.62. The van der Waals surface area contributed by atoms with Crippen LogP contribution in [0.25, 0.3) is 0 Å². The van der Waals surface area contributed by atoms with Crippen molar-refractivity contribution in [1.82, 2.24) is 5.32 Å². The summed E-state index contributed by atoms with van der Waals surface area (Å²) in [6, 6.07) is 14.7. The number of ether oxygens (including phenoxy) is 3. The molecule has 2 N–H and O–H groups in total. The lowest BCUT2D eigenvalue weighted by molar-refractivity contribution is -0.150. The minimum Gasteiger partial charge on any atom is -0.497 e. The highest BCUT2D eigenvalue weighted by Crippen LogP contribution is 2.15. The molecule has 0 radical (unpaired) electrons. The maximum absolute atomic E-state index is 11.9. The van der Waals surface area contributed by atoms with Gasteiger partial charge in [0, 0.05) is 19.6 Å². The molecule has 2 rings (SSSR count). The molecule has 0 unspecified atom stereocenters. The fourth-order valence-electron chi connectivity index (χ4n) is 2.69. The van der Waals surface area contributed by atoms with Gasteiger partial charge in [-0.15, -0.1) is 0 Å². The Morgan fingerprint density at radius 1 is 1.00 bits per heavy atom. The number of nitrogens with one attached hydrogen (secondary N) is 1. The van der Waals surface area contributed by atoms with Gasteiger partial charge in [0.15, 0.2) is 12.7 Å². The van der Waals surface area contributed by atoms with E-state index in [4.69, 9.17) is 19.3 Å². The zero-order chi connectivity index (χ0) is 21.1. The molecule has 0 bridgehead atoms. The highest BCUT2D eigenvalue weighted by Gasteiger charge is 2.17. The van der Waals surface area contributed by atoms with Crippen LogP contribution in [0.4, 0.5) is 0 Å². The second kappa shape index (κ2) is 11.7. The molecule has 2 aromatic rings. The molecule has 0 aliphatic rings. The van der Waals surface area contributed by atoms with Crippen molar-refractivity contribution >= 4 is 11.9 Å². The molecule has 1 amide bonds. The van der Waals surface area contributed by atoms with Crippen LogP contribution in [0, 0.1) is 0 Å². The van der Waals surface area contributed by atoms with Gasteiger partial charge in [0.05, 0.1) is 7.11 Å². The van der Waals surface area contributed by atoms with Gasteiger partial charge in [-0.25, -0.2) is 4.79 Å². The Balaban J connectivity index is 1.71. The van der Waals surface area contributed by atoms with Gasteiger partial charge in [0.1, 0.15) is 11.5 Å². The first-order chi connectivity index (χ1) is 14.0. The third-order valence-corrected chi connectivity index (χ3v) is 4.25. The van der Waals surface area contributed by atoms with Crippen LogP contribution in [0.1, 0.15) is 18.1 Å². The summed E-state index contributed by atoms with van der Waals surface area (Å²) in [6.07, 6.45) is 0.118. The lowest BCUT2D eigenvalue weighted by atomic mass is 10.1. The monoisotopic (exact) mass is 401 g/mol. The fourth-order valence-corrected chi connectivity index (χ4v) is 2.69. The zero-order valence-corrected chi connectivity index (χ0v) is 16.7. The summed E-state index contributed by atoms with van der Waals surface area (Å²) in [5.41, 5.74) is 1.93. The largest absolute Gasteiger partial charge is 0.497 e. The number of benzene rings is 2. The van der Waals surface area contributed by atoms with E-state index in [-0.39, 0.29) is 18.9 Å². The van der Waals surface area contributed by atoms with E-state index in [0.717, 1.165) is 23.3 Å². The van der Waals surface area contributed by atoms with Crippen LogP contribution in [0.5, 0.6) is 11.5 Å². The molecule has 7 heteroatoms. The molecule has 0 aromatic heterocycles. The average Bonchev–Trinajstić information content (AvgIpc) is 2.73. The van der Waals surface area contributed by atoms with Crippen LogP contribution < -0.4 is 14.8 Å². The normalized spacial score (nSPS) is 11.5. The molecule has 2 aromatic carbocycles. The van der Waals surface area contributed by atoms with E-state index >= 15 is 0 Å². The SMILES string of the molecule is CCO[C@@H](Cc1ccc(OCC(=O)NCCc2ccc(OC)cc2)cc1)C(=O)O. The van der Waals surface area contributed by atoms with Crippen molar-refractivity contribution in [3.63, 3.8) is 0 Å². The summed E-state index contributed by atoms with van der Waals surface area (Å²) in [4.78, 5) is 23.1. The van der Waals surface area contributed by atoms with Crippen LogP contribution >= 0.6 is 0 Å². The number of methoxy groups -OCH3 is 1. The second-order valence-electron chi connectivity index (χ2n) is 6.37. The molecule has 7 nitrogen and oxygen atoms in total. The van der Waals surface area contributed by atoms with Crippen LogP contribution in [0.15, 0.2) is 48.5 Å². The van der Waals surface area contributed by atoms with E-state index in [1.54, 1.807) is 38.3 Å². The molecule has 0 fully saturated rings. The lowest BCUT2D eigenvalue weighted by Gasteiger charge is -2.13. The van der Waals surface area contributed by atoms with E-state index < -0.39 is 12.1 Å². The number of hydrogen-bond donors (Lipinski definition) is 2. The van der Waals surface area contributed by atoms with E-state index in [0.29, 0.717) is 18.9 Å². The molecule has 0 aliphatic carbocycles. The Bertz CT molecular complexity index is 773. The van der Waals surface area contributed by atoms with Crippen molar-refractivity contribution in [2.24, 2.45) is 0 Å². The highest BCUT2D eigenvalue weighted by molar-refractivity contribution is 5.77. The highest BCUT2D eigenvalue weighted by atomic mass is 16.5. The molecule has 0 spiro atoms. The Kier molecular flexibility index (Phi) is 8.98. The third kappa shape index (κ3) is 7.83. The van der Waals surface area contributed by atoms with E-state index in [1.807, 2.05) is 24.3 Å². The Labute approximate surface area is 170 Å². The summed E-state index contributed by atoms with van der Waals surface area (Å²) >= 11 is 0. The lowest BCUT2D eigenvalue weighted by Crippen LogP contribution is -2.30. The topological polar surface area (TPSA) is 94.1 Å². The predicted octanol–water partition coefficient (Wildman–Crippen LogP) is 2.47. The minimum atomic E-state index is -0.988. The summed E-state index contributed by atoms with van der Waals surface area (Å²) < 4.78 is 15.8. The predicted molar refractivity (Wildman–Crippen MR) is 108 cm³/mol. The number of carbonyl (C=O) groups is 2. The summed E-state index contributed by atoms with van der Waals surface area (Å²) in [5.74, 6) is 0.152. The molecule has 0 heterocycles. The molecule has 29 heavy (non-hydrogen) atoms. The van der Waals surface area contributed by atoms with Crippen LogP contribution in [0.3, 0.4) is 0 Å². The number of rotatable bonds is 12. The number of amides is 1. The van der Waals surface area contributed by atoms with Crippen LogP contribution in [-0.2, 0) is 27.2 Å². The molecular formula is C22H27NO6. The maximum Gasteiger partial charge on any atom is 0.333 e. The van der Waals surface area contributed by atoms with Crippen molar-refractivity contribution in [2.45, 2.75) is 25.9 Å². The number of carboxylic acid groups (broad SMARTS) is 1. The second-order valence-corrected chi connectivity index (χ2v) is 6.37. The number of carbonyl (C=O) groups excluding carboxylic acids is 1. The Hall–Kier alpha value is -3.06. The number of aliphatic carboxylic acids is 1. The molecular weight excluding hydrogens is 374 g/mol. The third-order valence-electron chi connectivity index (χ3n) is 4.25. The zero-order valence-electron chi connectivity index (χ0n) is 16.7. The van der Waals surface area contributed by atoms with Crippen molar-refractivity contribution < 1.29 is 28.9 Å². The van der Waals surface area contributed by atoms with Gasteiger partial charge in [-0.2, -0.15) is 0 Å². The quantitative estimate of drug-likeness (QED) is 0.567. The summed E-state index contributed by atoms with van der Waals surface area (Å²) in [5, 5.41) is 11.9. The van der Waals surface area contributed by atoms with Crippen LogP contribution in [-0.4, -0.2) is 50.0 Å². The minimum absolute atomic E-state index is 0.0847. The molecule has 1 atom stereocenters. The molecule has 0 saturated carbocycles. The first-order valence-corrected chi connectivity index (χ1v) is 9.47. The van der Waals surface area contributed by atoms with Gasteiger partial charge >= 0.3 is 5.97 Å². The molecule has 0 aliphatic heterocycles. The van der Waals surface area contributed by atoms with E-state index in [9.17, 15) is 9.59 Å². The van der Waals surface area contributed by atoms with Crippen molar-refractivity contribution in [2.75, 3.05) is 26.9 Å². The summed E-state index contributed by atoms with van der Waals surface area (Å²) in [6.45, 7) is 2.53. The Morgan fingerprint density at radius 3 is 2.21 bits per heavy atom. The van der Waals surface area contributed by atoms with Crippen molar-refractivity contribution in [1.29, 1.82) is 0 Å². The number of hydrogen-bond acceptors (Lipinski definition) is 5. The maximum atomic E-state index is 11.9. The van der Waals surface area contributed by atoms with E-state index in [1.165, 1.54) is 0 Å². The van der Waals surface area contributed by atoms with E-state index in [2.05, 4.69) is 5.32 Å². The van der Waals surface area contributed by atoms with Gasteiger partial charge in [-0.3, -0.25) is 4.79 Å². The average molecular weight is 401 g/mol. The first-order valence-electron chi connectivity index (χ1n) is 9.47. The van der Waals surface area contributed by atoms with Crippen molar-refractivity contribution in [3.05, 3.63) is 59.7 Å².